The van der Waals surface area contributed by atoms with Crippen LogP contribution >= 0.6 is 0 Å². The number of ether oxygens (including phenoxy) is 1. The summed E-state index contributed by atoms with van der Waals surface area (Å²) in [4.78, 5) is 8.76. The number of anilines is 2. The molecule has 3 rings (SSSR count). The van der Waals surface area contributed by atoms with Crippen molar-refractivity contribution in [1.29, 1.82) is 0 Å². The topological polar surface area (TPSA) is 87.8 Å². The Morgan fingerprint density at radius 3 is 3.11 bits per heavy atom. The molecule has 0 radical (unpaired) electrons. The quantitative estimate of drug-likeness (QED) is 0.771. The minimum Gasteiger partial charge on any atom is -0.376 e. The lowest BCUT2D eigenvalue weighted by molar-refractivity contribution is 0.0996. The highest BCUT2D eigenvalue weighted by atomic mass is 16.5. The molecular formula is C12H18N6O. The molecule has 7 nitrogen and oxygen atoms in total. The van der Waals surface area contributed by atoms with Crippen LogP contribution in [0.4, 0.5) is 11.8 Å². The monoisotopic (exact) mass is 262 g/mol. The molecule has 3 N–H and O–H groups in total. The molecule has 0 bridgehead atoms. The minimum absolute atomic E-state index is 0.209. The van der Waals surface area contributed by atoms with Gasteiger partial charge >= 0.3 is 0 Å². The van der Waals surface area contributed by atoms with Gasteiger partial charge in [-0.05, 0) is 19.8 Å². The van der Waals surface area contributed by atoms with Gasteiger partial charge in [-0.15, -0.1) is 0 Å². The third-order valence-electron chi connectivity index (χ3n) is 3.42. The van der Waals surface area contributed by atoms with Crippen molar-refractivity contribution in [2.75, 3.05) is 24.3 Å². The SMILES string of the molecule is CNc1nc(NC(C)C2CCCO2)c2cn[nH]c2n1. The van der Waals surface area contributed by atoms with E-state index in [0.29, 0.717) is 5.95 Å². The Hall–Kier alpha value is -1.89. The second-order valence-electron chi connectivity index (χ2n) is 4.76. The lowest BCUT2D eigenvalue weighted by Gasteiger charge is -2.21. The molecule has 1 aliphatic rings. The number of aromatic amines is 1. The third kappa shape index (κ3) is 2.33. The average Bonchev–Trinajstić information content (AvgIpc) is 3.09. The molecule has 3 heterocycles. The van der Waals surface area contributed by atoms with Crippen LogP contribution < -0.4 is 10.6 Å². The Bertz CT molecular complexity index is 562. The van der Waals surface area contributed by atoms with Gasteiger partial charge in [0, 0.05) is 13.7 Å². The zero-order valence-electron chi connectivity index (χ0n) is 11.1. The van der Waals surface area contributed by atoms with E-state index < -0.39 is 0 Å². The molecule has 7 heteroatoms. The van der Waals surface area contributed by atoms with E-state index in [9.17, 15) is 0 Å². The van der Waals surface area contributed by atoms with Gasteiger partial charge in [0.2, 0.25) is 5.95 Å². The standard InChI is InChI=1S/C12H18N6O/c1-7(9-4-3-5-19-9)15-10-8-6-14-18-11(8)17-12(13-2)16-10/h6-7,9H,3-5H2,1-2H3,(H3,13,14,15,16,17,18). The fraction of sp³-hybridized carbons (Fsp3) is 0.583. The van der Waals surface area contributed by atoms with Gasteiger partial charge in [0.25, 0.3) is 0 Å². The van der Waals surface area contributed by atoms with Crippen LogP contribution in [0.15, 0.2) is 6.20 Å². The highest BCUT2D eigenvalue weighted by Crippen LogP contribution is 2.23. The van der Waals surface area contributed by atoms with Crippen LogP contribution in [-0.2, 0) is 4.74 Å². The number of hydrogen-bond donors (Lipinski definition) is 3. The molecule has 2 unspecified atom stereocenters. The Morgan fingerprint density at radius 1 is 1.47 bits per heavy atom. The summed E-state index contributed by atoms with van der Waals surface area (Å²) in [6.45, 7) is 2.96. The van der Waals surface area contributed by atoms with Crippen LogP contribution in [0, 0.1) is 0 Å². The predicted molar refractivity (Wildman–Crippen MR) is 73.3 cm³/mol. The van der Waals surface area contributed by atoms with Gasteiger partial charge in [-0.1, -0.05) is 0 Å². The van der Waals surface area contributed by atoms with Crippen molar-refractivity contribution < 1.29 is 4.74 Å². The van der Waals surface area contributed by atoms with E-state index in [1.54, 1.807) is 13.2 Å². The van der Waals surface area contributed by atoms with Crippen molar-refractivity contribution in [3.8, 4) is 0 Å². The van der Waals surface area contributed by atoms with Crippen LogP contribution in [-0.4, -0.2) is 46.0 Å². The molecule has 19 heavy (non-hydrogen) atoms. The Labute approximate surface area is 111 Å². The third-order valence-corrected chi connectivity index (χ3v) is 3.42. The molecule has 0 aliphatic carbocycles. The average molecular weight is 262 g/mol. The van der Waals surface area contributed by atoms with Crippen LogP contribution in [0.3, 0.4) is 0 Å². The highest BCUT2D eigenvalue weighted by molar-refractivity contribution is 5.87. The van der Waals surface area contributed by atoms with Crippen LogP contribution in [0.1, 0.15) is 19.8 Å². The summed E-state index contributed by atoms with van der Waals surface area (Å²) in [5.41, 5.74) is 0.724. The van der Waals surface area contributed by atoms with E-state index in [0.717, 1.165) is 36.3 Å². The molecule has 0 saturated carbocycles. The molecule has 2 aromatic heterocycles. The second kappa shape index (κ2) is 5.00. The van der Waals surface area contributed by atoms with E-state index in [4.69, 9.17) is 4.74 Å². The van der Waals surface area contributed by atoms with Gasteiger partial charge in [0.15, 0.2) is 5.65 Å². The van der Waals surface area contributed by atoms with Gasteiger partial charge in [-0.2, -0.15) is 15.1 Å². The largest absolute Gasteiger partial charge is 0.376 e. The first-order valence-electron chi connectivity index (χ1n) is 6.55. The number of hydrogen-bond acceptors (Lipinski definition) is 6. The summed E-state index contributed by atoms with van der Waals surface area (Å²) in [5, 5.41) is 14.1. The molecule has 2 atom stereocenters. The summed E-state index contributed by atoms with van der Waals surface area (Å²) in [5.74, 6) is 1.35. The maximum atomic E-state index is 5.69. The predicted octanol–water partition coefficient (Wildman–Crippen LogP) is 1.37. The van der Waals surface area contributed by atoms with Crippen LogP contribution in [0.5, 0.6) is 0 Å². The molecule has 1 fully saturated rings. The second-order valence-corrected chi connectivity index (χ2v) is 4.76. The first-order valence-corrected chi connectivity index (χ1v) is 6.55. The first kappa shape index (κ1) is 12.2. The molecule has 0 spiro atoms. The summed E-state index contributed by atoms with van der Waals surface area (Å²) in [6.07, 6.45) is 4.20. The van der Waals surface area contributed by atoms with E-state index in [1.165, 1.54) is 0 Å². The van der Waals surface area contributed by atoms with Crippen molar-refractivity contribution in [2.45, 2.75) is 31.9 Å². The van der Waals surface area contributed by atoms with Gasteiger partial charge in [-0.3, -0.25) is 5.10 Å². The number of nitrogens with one attached hydrogen (secondary N) is 3. The first-order chi connectivity index (χ1) is 9.28. The maximum Gasteiger partial charge on any atom is 0.226 e. The maximum absolute atomic E-state index is 5.69. The summed E-state index contributed by atoms with van der Waals surface area (Å²) in [7, 11) is 1.80. The smallest absolute Gasteiger partial charge is 0.226 e. The van der Waals surface area contributed by atoms with Crippen molar-refractivity contribution in [1.82, 2.24) is 20.2 Å². The zero-order chi connectivity index (χ0) is 13.2. The van der Waals surface area contributed by atoms with Gasteiger partial charge < -0.3 is 15.4 Å². The zero-order valence-corrected chi connectivity index (χ0v) is 11.1. The summed E-state index contributed by atoms with van der Waals surface area (Å²) >= 11 is 0. The molecule has 1 saturated heterocycles. The number of fused-ring (bicyclic) bond motifs is 1. The van der Waals surface area contributed by atoms with E-state index in [-0.39, 0.29) is 12.1 Å². The molecular weight excluding hydrogens is 244 g/mol. The normalized spacial score (nSPS) is 20.6. The van der Waals surface area contributed by atoms with E-state index >= 15 is 0 Å². The van der Waals surface area contributed by atoms with Crippen molar-refractivity contribution in [2.24, 2.45) is 0 Å². The van der Waals surface area contributed by atoms with E-state index in [2.05, 4.69) is 37.7 Å². The van der Waals surface area contributed by atoms with Gasteiger partial charge in [-0.25, -0.2) is 0 Å². The lowest BCUT2D eigenvalue weighted by atomic mass is 10.1. The molecule has 1 aliphatic heterocycles. The fourth-order valence-corrected chi connectivity index (χ4v) is 2.36. The number of aromatic nitrogens is 4. The minimum atomic E-state index is 0.209. The summed E-state index contributed by atoms with van der Waals surface area (Å²) in [6, 6.07) is 0.209. The molecule has 102 valence electrons. The van der Waals surface area contributed by atoms with Gasteiger partial charge in [0.05, 0.1) is 23.7 Å². The fourth-order valence-electron chi connectivity index (χ4n) is 2.36. The molecule has 2 aromatic rings. The molecule has 0 amide bonds. The van der Waals surface area contributed by atoms with Crippen LogP contribution in [0.2, 0.25) is 0 Å². The van der Waals surface area contributed by atoms with Crippen molar-refractivity contribution in [3.63, 3.8) is 0 Å². The Balaban J connectivity index is 1.88. The number of rotatable bonds is 4. The highest BCUT2D eigenvalue weighted by Gasteiger charge is 2.23. The number of nitrogens with zero attached hydrogens (tertiary/aromatic N) is 3. The lowest BCUT2D eigenvalue weighted by Crippen LogP contribution is -2.30. The Morgan fingerprint density at radius 2 is 2.37 bits per heavy atom. The Kier molecular flexibility index (Phi) is 3.20. The van der Waals surface area contributed by atoms with Gasteiger partial charge in [0.1, 0.15) is 5.82 Å². The molecule has 0 aromatic carbocycles. The van der Waals surface area contributed by atoms with Crippen molar-refractivity contribution in [3.05, 3.63) is 6.20 Å². The van der Waals surface area contributed by atoms with Crippen LogP contribution in [0.25, 0.3) is 11.0 Å². The summed E-state index contributed by atoms with van der Waals surface area (Å²) < 4.78 is 5.69. The van der Waals surface area contributed by atoms with Crippen molar-refractivity contribution >= 4 is 22.8 Å². The number of H-pyrrole nitrogens is 1. The van der Waals surface area contributed by atoms with E-state index in [1.807, 2.05) is 0 Å².